The predicted molar refractivity (Wildman–Crippen MR) is 119 cm³/mol. The maximum atomic E-state index is 13.2. The summed E-state index contributed by atoms with van der Waals surface area (Å²) in [5.41, 5.74) is -0.169. The smallest absolute Gasteiger partial charge is 0.406 e. The molecule has 0 spiro atoms. The number of halogens is 3. The van der Waals surface area contributed by atoms with Crippen molar-refractivity contribution < 1.29 is 31.1 Å². The summed E-state index contributed by atoms with van der Waals surface area (Å²) in [4.78, 5) is 12.4. The van der Waals surface area contributed by atoms with Crippen LogP contribution in [0, 0.1) is 5.92 Å². The van der Waals surface area contributed by atoms with Gasteiger partial charge in [0.15, 0.2) is 9.84 Å². The lowest BCUT2D eigenvalue weighted by molar-refractivity contribution is -0.274. The van der Waals surface area contributed by atoms with E-state index in [1.54, 1.807) is 13.8 Å². The van der Waals surface area contributed by atoms with E-state index >= 15 is 0 Å². The van der Waals surface area contributed by atoms with Gasteiger partial charge in [-0.1, -0.05) is 25.3 Å². The molecule has 2 fully saturated rings. The quantitative estimate of drug-likeness (QED) is 0.566. The summed E-state index contributed by atoms with van der Waals surface area (Å²) in [7, 11) is -2.05. The molecule has 3 rings (SSSR count). The van der Waals surface area contributed by atoms with E-state index in [9.17, 15) is 26.4 Å². The van der Waals surface area contributed by atoms with Gasteiger partial charge in [-0.3, -0.25) is 4.79 Å². The minimum Gasteiger partial charge on any atom is -0.406 e. The van der Waals surface area contributed by atoms with E-state index in [1.165, 1.54) is 18.6 Å². The van der Waals surface area contributed by atoms with Crippen LogP contribution in [0.25, 0.3) is 0 Å². The van der Waals surface area contributed by atoms with Gasteiger partial charge in [-0.2, -0.15) is 0 Å². The van der Waals surface area contributed by atoms with Gasteiger partial charge in [0, 0.05) is 18.0 Å². The fraction of sp³-hybridized carbons (Fsp3) is 0.696. The van der Waals surface area contributed by atoms with Crippen LogP contribution in [0.4, 0.5) is 13.2 Å². The van der Waals surface area contributed by atoms with Crippen molar-refractivity contribution in [2.45, 2.75) is 92.8 Å². The summed E-state index contributed by atoms with van der Waals surface area (Å²) in [5, 5.41) is 6.36. The third-order valence-electron chi connectivity index (χ3n) is 7.37. The first-order chi connectivity index (χ1) is 15.3. The van der Waals surface area contributed by atoms with Gasteiger partial charge >= 0.3 is 6.36 Å². The van der Waals surface area contributed by atoms with Gasteiger partial charge in [0.25, 0.3) is 0 Å². The summed E-state index contributed by atoms with van der Waals surface area (Å²) in [5.74, 6) is -0.834. The Hall–Kier alpha value is -1.81. The van der Waals surface area contributed by atoms with Crippen molar-refractivity contribution in [1.29, 1.82) is 0 Å². The van der Waals surface area contributed by atoms with Gasteiger partial charge in [-0.05, 0) is 70.7 Å². The average Bonchev–Trinajstić information content (AvgIpc) is 2.69. The number of carbonyl (C=O) groups is 1. The summed E-state index contributed by atoms with van der Waals surface area (Å²) < 4.78 is 66.7. The predicted octanol–water partition coefficient (Wildman–Crippen LogP) is 4.34. The van der Waals surface area contributed by atoms with Crippen LogP contribution >= 0.6 is 0 Å². The second kappa shape index (κ2) is 9.44. The Morgan fingerprint density at radius 1 is 1.15 bits per heavy atom. The Labute approximate surface area is 193 Å². The van der Waals surface area contributed by atoms with E-state index < -0.39 is 26.7 Å². The SMILES string of the molecule is CNC1(CC(=O)N[C@H]2C[C@H](C(C)(C)S(=O)(=O)c3cccc(OC(F)(F)F)c3)C2)CCCCC1. The fourth-order valence-corrected chi connectivity index (χ4v) is 6.76. The van der Waals surface area contributed by atoms with Crippen LogP contribution in [-0.2, 0) is 14.6 Å². The maximum Gasteiger partial charge on any atom is 0.573 e. The van der Waals surface area contributed by atoms with E-state index in [0.717, 1.165) is 37.8 Å². The lowest BCUT2D eigenvalue weighted by Gasteiger charge is -2.45. The number of amides is 1. The van der Waals surface area contributed by atoms with Crippen LogP contribution < -0.4 is 15.4 Å². The van der Waals surface area contributed by atoms with E-state index in [-0.39, 0.29) is 28.3 Å². The molecule has 6 nitrogen and oxygen atoms in total. The minimum absolute atomic E-state index is 0.0348. The van der Waals surface area contributed by atoms with Crippen molar-refractivity contribution in [3.63, 3.8) is 0 Å². The lowest BCUT2D eigenvalue weighted by atomic mass is 9.72. The molecule has 2 N–H and O–H groups in total. The normalized spacial score (nSPS) is 23.5. The van der Waals surface area contributed by atoms with Crippen LogP contribution in [0.1, 0.15) is 65.2 Å². The van der Waals surface area contributed by atoms with Gasteiger partial charge in [0.1, 0.15) is 5.75 Å². The van der Waals surface area contributed by atoms with Crippen molar-refractivity contribution in [3.05, 3.63) is 24.3 Å². The van der Waals surface area contributed by atoms with Crippen molar-refractivity contribution in [3.8, 4) is 5.75 Å². The molecule has 0 unspecified atom stereocenters. The summed E-state index contributed by atoms with van der Waals surface area (Å²) >= 11 is 0. The molecule has 0 saturated heterocycles. The molecule has 186 valence electrons. The molecule has 1 amide bonds. The zero-order chi connectivity index (χ0) is 24.5. The first-order valence-corrected chi connectivity index (χ1v) is 12.8. The molecule has 10 heteroatoms. The van der Waals surface area contributed by atoms with Gasteiger partial charge in [-0.15, -0.1) is 13.2 Å². The fourth-order valence-electron chi connectivity index (χ4n) is 4.99. The second-order valence-corrected chi connectivity index (χ2v) is 12.4. The first-order valence-electron chi connectivity index (χ1n) is 11.4. The van der Waals surface area contributed by atoms with E-state index in [0.29, 0.717) is 19.3 Å². The Kier molecular flexibility index (Phi) is 7.39. The summed E-state index contributed by atoms with van der Waals surface area (Å²) in [6, 6.07) is 4.38. The molecule has 0 atom stereocenters. The number of hydrogen-bond donors (Lipinski definition) is 2. The molecule has 33 heavy (non-hydrogen) atoms. The minimum atomic E-state index is -4.90. The molecule has 0 radical (unpaired) electrons. The highest BCUT2D eigenvalue weighted by Crippen LogP contribution is 2.44. The van der Waals surface area contributed by atoms with Gasteiger partial charge < -0.3 is 15.4 Å². The van der Waals surface area contributed by atoms with Gasteiger partial charge in [0.2, 0.25) is 5.91 Å². The number of alkyl halides is 3. The molecule has 0 aliphatic heterocycles. The van der Waals surface area contributed by atoms with E-state index in [4.69, 9.17) is 0 Å². The van der Waals surface area contributed by atoms with Crippen molar-refractivity contribution >= 4 is 15.7 Å². The number of rotatable bonds is 8. The van der Waals surface area contributed by atoms with Crippen LogP contribution in [0.2, 0.25) is 0 Å². The van der Waals surface area contributed by atoms with Crippen LogP contribution in [0.3, 0.4) is 0 Å². The first kappa shape index (κ1) is 25.8. The number of sulfone groups is 1. The summed E-state index contributed by atoms with van der Waals surface area (Å²) in [6.07, 6.45) is 1.82. The Balaban J connectivity index is 1.61. The Morgan fingerprint density at radius 2 is 1.79 bits per heavy atom. The largest absolute Gasteiger partial charge is 0.573 e. The molecule has 2 saturated carbocycles. The van der Waals surface area contributed by atoms with Crippen molar-refractivity contribution in [1.82, 2.24) is 10.6 Å². The number of carbonyl (C=O) groups excluding carboxylic acids is 1. The number of nitrogens with one attached hydrogen (secondary N) is 2. The van der Waals surface area contributed by atoms with Crippen molar-refractivity contribution in [2.24, 2.45) is 5.92 Å². The Morgan fingerprint density at radius 3 is 2.36 bits per heavy atom. The van der Waals surface area contributed by atoms with Crippen LogP contribution in [0.15, 0.2) is 29.2 Å². The molecule has 2 aliphatic rings. The third-order valence-corrected chi connectivity index (χ3v) is 9.96. The molecule has 0 bridgehead atoms. The van der Waals surface area contributed by atoms with Crippen LogP contribution in [-0.4, -0.2) is 44.1 Å². The molecule has 2 aliphatic carbocycles. The number of benzene rings is 1. The number of hydrogen-bond acceptors (Lipinski definition) is 5. The molecule has 0 aromatic heterocycles. The summed E-state index contributed by atoms with van der Waals surface area (Å²) in [6.45, 7) is 3.17. The number of ether oxygens (including phenoxy) is 1. The lowest BCUT2D eigenvalue weighted by Crippen LogP contribution is -2.55. The van der Waals surface area contributed by atoms with E-state index in [2.05, 4.69) is 15.4 Å². The molecule has 1 aromatic rings. The topological polar surface area (TPSA) is 84.5 Å². The second-order valence-electron chi connectivity index (χ2n) is 9.83. The van der Waals surface area contributed by atoms with Crippen molar-refractivity contribution in [2.75, 3.05) is 7.05 Å². The zero-order valence-electron chi connectivity index (χ0n) is 19.3. The highest BCUT2D eigenvalue weighted by atomic mass is 32.2. The van der Waals surface area contributed by atoms with Gasteiger partial charge in [0.05, 0.1) is 9.64 Å². The molecule has 0 heterocycles. The third kappa shape index (κ3) is 5.82. The highest BCUT2D eigenvalue weighted by Gasteiger charge is 2.49. The molecular formula is C23H33F3N2O4S. The van der Waals surface area contributed by atoms with Gasteiger partial charge in [-0.25, -0.2) is 8.42 Å². The highest BCUT2D eigenvalue weighted by molar-refractivity contribution is 7.92. The maximum absolute atomic E-state index is 13.2. The van der Waals surface area contributed by atoms with Crippen LogP contribution in [0.5, 0.6) is 5.75 Å². The average molecular weight is 491 g/mol. The Bertz CT molecular complexity index is 951. The standard InChI is InChI=1S/C23H33F3N2O4S/c1-21(2,33(30,31)19-9-7-8-18(14-19)32-23(24,25)26)16-12-17(13-16)28-20(29)15-22(27-3)10-5-4-6-11-22/h7-9,14,16-17,27H,4-6,10-13,15H2,1-3H3,(H,28,29)/t16-,17-. The zero-order valence-corrected chi connectivity index (χ0v) is 20.1. The monoisotopic (exact) mass is 490 g/mol. The van der Waals surface area contributed by atoms with E-state index in [1.807, 2.05) is 7.05 Å². The molecule has 1 aromatic carbocycles. The molecular weight excluding hydrogens is 457 g/mol.